The minimum Gasteiger partial charge on any atom is -0.378 e. The third kappa shape index (κ3) is 3.03. The standard InChI is InChI=1S/C25H29N/c1-24(2,3)25(20-12-8-6-9-13-20,21-14-10-7-11-15-21)22-16-18-23(19-17-22)26(4)5/h6-19H,1-5H3. The van der Waals surface area contributed by atoms with Crippen molar-refractivity contribution in [1.29, 1.82) is 0 Å². The average molecular weight is 344 g/mol. The second-order valence-corrected chi connectivity index (χ2v) is 8.17. The lowest BCUT2D eigenvalue weighted by molar-refractivity contribution is 0.272. The van der Waals surface area contributed by atoms with E-state index in [0.29, 0.717) is 0 Å². The van der Waals surface area contributed by atoms with E-state index in [1.807, 2.05) is 0 Å². The molecule has 3 rings (SSSR count). The van der Waals surface area contributed by atoms with Gasteiger partial charge in [-0.1, -0.05) is 93.6 Å². The van der Waals surface area contributed by atoms with Crippen LogP contribution in [0.1, 0.15) is 37.5 Å². The molecular formula is C25H29N. The van der Waals surface area contributed by atoms with E-state index >= 15 is 0 Å². The third-order valence-corrected chi connectivity index (χ3v) is 5.36. The first-order chi connectivity index (χ1) is 12.4. The molecule has 1 nitrogen and oxygen atoms in total. The smallest absolute Gasteiger partial charge is 0.0499 e. The SMILES string of the molecule is CN(C)c1ccc(C(c2ccccc2)(c2ccccc2)C(C)(C)C)cc1. The quantitative estimate of drug-likeness (QED) is 0.515. The Balaban J connectivity index is 2.34. The zero-order chi connectivity index (χ0) is 18.8. The maximum absolute atomic E-state index is 2.34. The predicted octanol–water partition coefficient (Wildman–Crippen LogP) is 6.13. The molecule has 0 aromatic heterocycles. The summed E-state index contributed by atoms with van der Waals surface area (Å²) in [7, 11) is 4.17. The van der Waals surface area contributed by atoms with E-state index in [4.69, 9.17) is 0 Å². The van der Waals surface area contributed by atoms with Gasteiger partial charge >= 0.3 is 0 Å². The molecule has 0 bridgehead atoms. The van der Waals surface area contributed by atoms with Crippen molar-refractivity contribution in [1.82, 2.24) is 0 Å². The van der Waals surface area contributed by atoms with Gasteiger partial charge in [0.05, 0.1) is 0 Å². The van der Waals surface area contributed by atoms with E-state index in [1.54, 1.807) is 0 Å². The number of nitrogens with zero attached hydrogens (tertiary/aromatic N) is 1. The molecule has 0 amide bonds. The van der Waals surface area contributed by atoms with E-state index in [9.17, 15) is 0 Å². The van der Waals surface area contributed by atoms with Gasteiger partial charge in [0, 0.05) is 25.2 Å². The monoisotopic (exact) mass is 343 g/mol. The van der Waals surface area contributed by atoms with Crippen molar-refractivity contribution in [3.63, 3.8) is 0 Å². The lowest BCUT2D eigenvalue weighted by Gasteiger charge is -2.47. The van der Waals surface area contributed by atoms with Crippen LogP contribution in [0.3, 0.4) is 0 Å². The first-order valence-corrected chi connectivity index (χ1v) is 9.26. The molecule has 0 atom stereocenters. The summed E-state index contributed by atoms with van der Waals surface area (Å²) in [5, 5.41) is 0. The van der Waals surface area contributed by atoms with Crippen LogP contribution >= 0.6 is 0 Å². The Labute approximate surface area is 158 Å². The van der Waals surface area contributed by atoms with Gasteiger partial charge in [-0.15, -0.1) is 0 Å². The highest BCUT2D eigenvalue weighted by molar-refractivity contribution is 5.56. The van der Waals surface area contributed by atoms with E-state index < -0.39 is 0 Å². The van der Waals surface area contributed by atoms with Crippen molar-refractivity contribution in [2.75, 3.05) is 19.0 Å². The van der Waals surface area contributed by atoms with Crippen molar-refractivity contribution in [2.45, 2.75) is 26.2 Å². The molecule has 0 saturated carbocycles. The van der Waals surface area contributed by atoms with Crippen LogP contribution in [0, 0.1) is 5.41 Å². The molecule has 0 fully saturated rings. The van der Waals surface area contributed by atoms with Crippen molar-refractivity contribution in [2.24, 2.45) is 5.41 Å². The Kier molecular flexibility index (Phi) is 4.91. The molecule has 134 valence electrons. The highest BCUT2D eigenvalue weighted by Gasteiger charge is 2.46. The highest BCUT2D eigenvalue weighted by atomic mass is 15.1. The molecule has 0 radical (unpaired) electrons. The topological polar surface area (TPSA) is 3.24 Å². The molecular weight excluding hydrogens is 314 g/mol. The fourth-order valence-corrected chi connectivity index (χ4v) is 4.18. The maximum atomic E-state index is 2.34. The van der Waals surface area contributed by atoms with Gasteiger partial charge in [0.2, 0.25) is 0 Å². The Hall–Kier alpha value is -2.54. The maximum Gasteiger partial charge on any atom is 0.0499 e. The predicted molar refractivity (Wildman–Crippen MR) is 113 cm³/mol. The summed E-state index contributed by atoms with van der Waals surface area (Å²) in [6.07, 6.45) is 0. The molecule has 0 aliphatic carbocycles. The van der Waals surface area contributed by atoms with E-state index in [2.05, 4.69) is 125 Å². The van der Waals surface area contributed by atoms with Crippen LogP contribution in [-0.2, 0) is 5.41 Å². The molecule has 26 heavy (non-hydrogen) atoms. The zero-order valence-electron chi connectivity index (χ0n) is 16.5. The summed E-state index contributed by atoms with van der Waals surface area (Å²) in [5.41, 5.74) is 4.98. The summed E-state index contributed by atoms with van der Waals surface area (Å²) in [6, 6.07) is 30.9. The number of anilines is 1. The Bertz CT molecular complexity index is 785. The van der Waals surface area contributed by atoms with Crippen molar-refractivity contribution in [3.8, 4) is 0 Å². The van der Waals surface area contributed by atoms with Gasteiger partial charge in [-0.2, -0.15) is 0 Å². The van der Waals surface area contributed by atoms with Gasteiger partial charge in [-0.05, 0) is 34.2 Å². The van der Waals surface area contributed by atoms with E-state index in [0.717, 1.165) is 0 Å². The molecule has 3 aromatic carbocycles. The molecule has 3 aromatic rings. The van der Waals surface area contributed by atoms with Crippen LogP contribution in [0.2, 0.25) is 0 Å². The Morgan fingerprint density at radius 1 is 0.538 bits per heavy atom. The molecule has 0 spiro atoms. The van der Waals surface area contributed by atoms with Gasteiger partial charge in [-0.3, -0.25) is 0 Å². The van der Waals surface area contributed by atoms with Crippen LogP contribution in [0.5, 0.6) is 0 Å². The molecule has 0 aliphatic heterocycles. The van der Waals surface area contributed by atoms with Crippen molar-refractivity contribution >= 4 is 5.69 Å². The highest BCUT2D eigenvalue weighted by Crippen LogP contribution is 2.51. The zero-order valence-corrected chi connectivity index (χ0v) is 16.5. The summed E-state index contributed by atoms with van der Waals surface area (Å²) in [5.74, 6) is 0. The van der Waals surface area contributed by atoms with Crippen LogP contribution in [0.25, 0.3) is 0 Å². The van der Waals surface area contributed by atoms with Gasteiger partial charge < -0.3 is 4.90 Å². The molecule has 1 heteroatoms. The molecule has 0 saturated heterocycles. The molecule has 0 heterocycles. The van der Waals surface area contributed by atoms with Crippen molar-refractivity contribution in [3.05, 3.63) is 102 Å². The number of benzene rings is 3. The Morgan fingerprint density at radius 2 is 0.923 bits per heavy atom. The van der Waals surface area contributed by atoms with Crippen molar-refractivity contribution < 1.29 is 0 Å². The fourth-order valence-electron chi connectivity index (χ4n) is 4.18. The summed E-state index contributed by atoms with van der Waals surface area (Å²) in [6.45, 7) is 7.02. The van der Waals surface area contributed by atoms with Crippen LogP contribution in [-0.4, -0.2) is 14.1 Å². The Morgan fingerprint density at radius 3 is 1.27 bits per heavy atom. The number of hydrogen-bond donors (Lipinski definition) is 0. The molecule has 0 aliphatic rings. The second kappa shape index (κ2) is 6.99. The largest absolute Gasteiger partial charge is 0.378 e. The first-order valence-electron chi connectivity index (χ1n) is 9.26. The number of hydrogen-bond acceptors (Lipinski definition) is 1. The van der Waals surface area contributed by atoms with Gasteiger partial charge in [0.15, 0.2) is 0 Å². The third-order valence-electron chi connectivity index (χ3n) is 5.36. The first kappa shape index (κ1) is 18.3. The molecule has 0 N–H and O–H groups in total. The summed E-state index contributed by atoms with van der Waals surface area (Å²) >= 11 is 0. The van der Waals surface area contributed by atoms with Crippen LogP contribution in [0.15, 0.2) is 84.9 Å². The summed E-state index contributed by atoms with van der Waals surface area (Å²) in [4.78, 5) is 2.15. The normalized spacial score (nSPS) is 12.0. The van der Waals surface area contributed by atoms with E-state index in [-0.39, 0.29) is 10.8 Å². The average Bonchev–Trinajstić information content (AvgIpc) is 2.63. The molecule has 0 unspecified atom stereocenters. The lowest BCUT2D eigenvalue weighted by Crippen LogP contribution is -2.42. The van der Waals surface area contributed by atoms with Gasteiger partial charge in [0.1, 0.15) is 0 Å². The van der Waals surface area contributed by atoms with Crippen LogP contribution < -0.4 is 4.90 Å². The second-order valence-electron chi connectivity index (χ2n) is 8.17. The van der Waals surface area contributed by atoms with Crippen LogP contribution in [0.4, 0.5) is 5.69 Å². The summed E-state index contributed by atoms with van der Waals surface area (Å²) < 4.78 is 0. The minimum atomic E-state index is -0.222. The minimum absolute atomic E-state index is 0.00462. The van der Waals surface area contributed by atoms with Gasteiger partial charge in [-0.25, -0.2) is 0 Å². The van der Waals surface area contributed by atoms with Gasteiger partial charge in [0.25, 0.3) is 0 Å². The fraction of sp³-hybridized carbons (Fsp3) is 0.280. The number of rotatable bonds is 4. The lowest BCUT2D eigenvalue weighted by atomic mass is 9.56. The van der Waals surface area contributed by atoms with E-state index in [1.165, 1.54) is 22.4 Å².